The van der Waals surface area contributed by atoms with Crippen molar-refractivity contribution in [1.82, 2.24) is 9.80 Å². The molecule has 2 saturated heterocycles. The molecule has 2 amide bonds. The highest BCUT2D eigenvalue weighted by molar-refractivity contribution is 5.89. The summed E-state index contributed by atoms with van der Waals surface area (Å²) < 4.78 is 0. The quantitative estimate of drug-likeness (QED) is 0.786. The predicted octanol–water partition coefficient (Wildman–Crippen LogP) is 2.43. The Hall–Kier alpha value is -1.06. The predicted molar refractivity (Wildman–Crippen MR) is 84.1 cm³/mol. The Balaban J connectivity index is 1.48. The van der Waals surface area contributed by atoms with Crippen molar-refractivity contribution in [2.24, 2.45) is 17.8 Å². The van der Waals surface area contributed by atoms with Crippen LogP contribution in [0.3, 0.4) is 0 Å². The van der Waals surface area contributed by atoms with E-state index >= 15 is 0 Å². The zero-order chi connectivity index (χ0) is 15.1. The van der Waals surface area contributed by atoms with Crippen LogP contribution in [-0.2, 0) is 9.59 Å². The van der Waals surface area contributed by atoms with Crippen molar-refractivity contribution in [1.29, 1.82) is 0 Å². The standard InChI is InChI=1S/C18H28N2O2/c21-17(15-12-13-6-7-14(15)11-13)20-10-2-1-5-16(20)18(22)19-8-3-4-9-19/h13-16H,1-12H2/t13-,14-,15+,16-/m0/s1. The molecule has 4 aliphatic rings. The third-order valence-electron chi connectivity index (χ3n) is 6.54. The van der Waals surface area contributed by atoms with Crippen molar-refractivity contribution in [3.63, 3.8) is 0 Å². The molecule has 0 aromatic carbocycles. The minimum absolute atomic E-state index is 0.154. The van der Waals surface area contributed by atoms with E-state index in [1.165, 1.54) is 19.3 Å². The summed E-state index contributed by atoms with van der Waals surface area (Å²) in [6, 6.07) is -0.154. The molecule has 0 radical (unpaired) electrons. The Bertz CT molecular complexity index is 458. The van der Waals surface area contributed by atoms with E-state index in [0.29, 0.717) is 11.8 Å². The van der Waals surface area contributed by atoms with Crippen molar-refractivity contribution in [2.75, 3.05) is 19.6 Å². The normalized spacial score (nSPS) is 37.8. The fraction of sp³-hybridized carbons (Fsp3) is 0.889. The summed E-state index contributed by atoms with van der Waals surface area (Å²) in [5, 5.41) is 0. The lowest BCUT2D eigenvalue weighted by Gasteiger charge is -2.39. The van der Waals surface area contributed by atoms with Crippen LogP contribution < -0.4 is 0 Å². The highest BCUT2D eigenvalue weighted by atomic mass is 16.2. The zero-order valence-corrected chi connectivity index (χ0v) is 13.5. The molecule has 0 aromatic heterocycles. The van der Waals surface area contributed by atoms with E-state index < -0.39 is 0 Å². The van der Waals surface area contributed by atoms with Crippen LogP contribution in [0, 0.1) is 17.8 Å². The second-order valence-electron chi connectivity index (χ2n) is 7.86. The van der Waals surface area contributed by atoms with E-state index in [9.17, 15) is 9.59 Å². The van der Waals surface area contributed by atoms with Crippen LogP contribution in [0.1, 0.15) is 57.8 Å². The van der Waals surface area contributed by atoms with Crippen molar-refractivity contribution in [3.05, 3.63) is 0 Å². The number of piperidine rings is 1. The molecule has 22 heavy (non-hydrogen) atoms. The number of hydrogen-bond donors (Lipinski definition) is 0. The van der Waals surface area contributed by atoms with Gasteiger partial charge in [0.15, 0.2) is 0 Å². The van der Waals surface area contributed by atoms with Gasteiger partial charge in [0.2, 0.25) is 11.8 Å². The number of amides is 2. The van der Waals surface area contributed by atoms with Crippen molar-refractivity contribution in [2.45, 2.75) is 63.8 Å². The first-order valence-electron chi connectivity index (χ1n) is 9.33. The molecular formula is C18H28N2O2. The Morgan fingerprint density at radius 1 is 0.773 bits per heavy atom. The first kappa shape index (κ1) is 14.5. The second-order valence-corrected chi connectivity index (χ2v) is 7.86. The Labute approximate surface area is 133 Å². The number of carbonyl (C=O) groups is 2. The topological polar surface area (TPSA) is 40.6 Å². The molecule has 4 nitrogen and oxygen atoms in total. The number of fused-ring (bicyclic) bond motifs is 2. The lowest BCUT2D eigenvalue weighted by molar-refractivity contribution is -0.150. The number of carbonyl (C=O) groups excluding carboxylic acids is 2. The van der Waals surface area contributed by atoms with Gasteiger partial charge in [-0.3, -0.25) is 9.59 Å². The average molecular weight is 304 g/mol. The first-order chi connectivity index (χ1) is 10.7. The largest absolute Gasteiger partial charge is 0.341 e. The van der Waals surface area contributed by atoms with Crippen LogP contribution >= 0.6 is 0 Å². The van der Waals surface area contributed by atoms with Crippen molar-refractivity contribution in [3.8, 4) is 0 Å². The molecule has 2 heterocycles. The van der Waals surface area contributed by atoms with Gasteiger partial charge >= 0.3 is 0 Å². The highest BCUT2D eigenvalue weighted by Gasteiger charge is 2.46. The van der Waals surface area contributed by atoms with E-state index in [-0.39, 0.29) is 17.9 Å². The van der Waals surface area contributed by atoms with Crippen molar-refractivity contribution >= 4 is 11.8 Å². The van der Waals surface area contributed by atoms with Gasteiger partial charge in [-0.25, -0.2) is 0 Å². The van der Waals surface area contributed by atoms with Crippen LogP contribution in [0.2, 0.25) is 0 Å². The van der Waals surface area contributed by atoms with Crippen LogP contribution in [0.5, 0.6) is 0 Å². The number of likely N-dealkylation sites (tertiary alicyclic amines) is 2. The summed E-state index contributed by atoms with van der Waals surface area (Å²) in [6.07, 6.45) is 10.2. The number of rotatable bonds is 2. The van der Waals surface area contributed by atoms with Crippen LogP contribution in [0.15, 0.2) is 0 Å². The fourth-order valence-electron chi connectivity index (χ4n) is 5.36. The number of nitrogens with zero attached hydrogens (tertiary/aromatic N) is 2. The van der Waals surface area contributed by atoms with Gasteiger partial charge in [0.25, 0.3) is 0 Å². The molecule has 122 valence electrons. The first-order valence-corrected chi connectivity index (χ1v) is 9.33. The molecule has 2 bridgehead atoms. The summed E-state index contributed by atoms with van der Waals surface area (Å²) in [4.78, 5) is 29.9. The van der Waals surface area contributed by atoms with Crippen molar-refractivity contribution < 1.29 is 9.59 Å². The van der Waals surface area contributed by atoms with E-state index in [2.05, 4.69) is 0 Å². The Morgan fingerprint density at radius 3 is 2.23 bits per heavy atom. The van der Waals surface area contributed by atoms with Gasteiger partial charge in [-0.05, 0) is 63.2 Å². The maximum absolute atomic E-state index is 13.1. The van der Waals surface area contributed by atoms with Gasteiger partial charge in [0, 0.05) is 25.6 Å². The van der Waals surface area contributed by atoms with E-state index in [0.717, 1.165) is 64.1 Å². The number of hydrogen-bond acceptors (Lipinski definition) is 2. The summed E-state index contributed by atoms with van der Waals surface area (Å²) in [5.41, 5.74) is 0. The fourth-order valence-corrected chi connectivity index (χ4v) is 5.36. The van der Waals surface area contributed by atoms with Gasteiger partial charge in [-0.15, -0.1) is 0 Å². The Morgan fingerprint density at radius 2 is 1.55 bits per heavy atom. The average Bonchev–Trinajstić information content (AvgIpc) is 3.30. The summed E-state index contributed by atoms with van der Waals surface area (Å²) in [7, 11) is 0. The van der Waals surface area contributed by atoms with Gasteiger partial charge in [0.1, 0.15) is 6.04 Å². The maximum atomic E-state index is 13.1. The lowest BCUT2D eigenvalue weighted by Crippen LogP contribution is -2.54. The molecule has 4 heteroatoms. The zero-order valence-electron chi connectivity index (χ0n) is 13.5. The molecular weight excluding hydrogens is 276 g/mol. The van der Waals surface area contributed by atoms with Gasteiger partial charge in [-0.1, -0.05) is 6.42 Å². The van der Waals surface area contributed by atoms with Gasteiger partial charge in [-0.2, -0.15) is 0 Å². The monoisotopic (exact) mass is 304 g/mol. The molecule has 4 atom stereocenters. The maximum Gasteiger partial charge on any atom is 0.245 e. The van der Waals surface area contributed by atoms with Crippen LogP contribution in [0.4, 0.5) is 0 Å². The second kappa shape index (κ2) is 5.86. The van der Waals surface area contributed by atoms with E-state index in [1.807, 2.05) is 9.80 Å². The van der Waals surface area contributed by atoms with Gasteiger partial charge in [0.05, 0.1) is 0 Å². The molecule has 0 spiro atoms. The molecule has 2 aliphatic carbocycles. The molecule has 0 unspecified atom stereocenters. The SMILES string of the molecule is O=C([C@@H]1CCCCN1C(=O)[C@@H]1C[C@H]2CC[C@H]1C2)N1CCCC1. The molecule has 2 saturated carbocycles. The van der Waals surface area contributed by atoms with Gasteiger partial charge < -0.3 is 9.80 Å². The minimum atomic E-state index is -0.154. The molecule has 2 aliphatic heterocycles. The smallest absolute Gasteiger partial charge is 0.245 e. The Kier molecular flexibility index (Phi) is 3.87. The summed E-state index contributed by atoms with van der Waals surface area (Å²) in [6.45, 7) is 2.59. The van der Waals surface area contributed by atoms with Crippen LogP contribution in [0.25, 0.3) is 0 Å². The molecule has 0 aromatic rings. The highest BCUT2D eigenvalue weighted by Crippen LogP contribution is 2.49. The molecule has 0 N–H and O–H groups in total. The third-order valence-corrected chi connectivity index (χ3v) is 6.54. The summed E-state index contributed by atoms with van der Waals surface area (Å²) >= 11 is 0. The lowest BCUT2D eigenvalue weighted by atomic mass is 9.86. The van der Waals surface area contributed by atoms with Crippen LogP contribution in [-0.4, -0.2) is 47.3 Å². The minimum Gasteiger partial charge on any atom is -0.341 e. The van der Waals surface area contributed by atoms with E-state index in [4.69, 9.17) is 0 Å². The molecule has 4 fully saturated rings. The third kappa shape index (κ3) is 2.44. The van der Waals surface area contributed by atoms with E-state index in [1.54, 1.807) is 0 Å². The molecule has 4 rings (SSSR count). The summed E-state index contributed by atoms with van der Waals surface area (Å²) in [5.74, 6) is 2.17.